The summed E-state index contributed by atoms with van der Waals surface area (Å²) >= 11 is 0. The van der Waals surface area contributed by atoms with Crippen LogP contribution >= 0.6 is 0 Å². The fourth-order valence-corrected chi connectivity index (χ4v) is 3.15. The zero-order valence-electron chi connectivity index (χ0n) is 12.5. The zero-order chi connectivity index (χ0) is 16.1. The number of ether oxygens (including phenoxy) is 1. The van der Waals surface area contributed by atoms with Crippen LogP contribution in [0.25, 0.3) is 5.03 Å². The van der Waals surface area contributed by atoms with Crippen LogP contribution in [0.5, 0.6) is 0 Å². The lowest BCUT2D eigenvalue weighted by Gasteiger charge is -2.24. The van der Waals surface area contributed by atoms with Crippen molar-refractivity contribution in [3.05, 3.63) is 23.5 Å². The highest BCUT2D eigenvalue weighted by Crippen LogP contribution is 2.27. The summed E-state index contributed by atoms with van der Waals surface area (Å²) in [5.41, 5.74) is 1.02. The van der Waals surface area contributed by atoms with Gasteiger partial charge in [0.1, 0.15) is 5.60 Å². The van der Waals surface area contributed by atoms with Gasteiger partial charge in [0.15, 0.2) is 16.0 Å². The van der Waals surface area contributed by atoms with Crippen LogP contribution in [0.2, 0.25) is 0 Å². The maximum absolute atomic E-state index is 12.1. The van der Waals surface area contributed by atoms with E-state index >= 15 is 0 Å². The first-order valence-electron chi connectivity index (χ1n) is 6.73. The molecule has 0 fully saturated rings. The molecule has 2 aliphatic rings. The highest BCUT2D eigenvalue weighted by Gasteiger charge is 2.33. The van der Waals surface area contributed by atoms with Crippen molar-refractivity contribution >= 4 is 28.0 Å². The van der Waals surface area contributed by atoms with E-state index in [-0.39, 0.29) is 5.03 Å². The number of aromatic nitrogens is 2. The lowest BCUT2D eigenvalue weighted by molar-refractivity contribution is -0.114. The molecule has 8 nitrogen and oxygen atoms in total. The Kier molecular flexibility index (Phi) is 3.32. The molecule has 3 heterocycles. The van der Waals surface area contributed by atoms with E-state index in [1.165, 1.54) is 10.8 Å². The van der Waals surface area contributed by atoms with Gasteiger partial charge in [-0.25, -0.2) is 13.7 Å². The molecule has 0 saturated heterocycles. The molecule has 1 aromatic rings. The van der Waals surface area contributed by atoms with Crippen molar-refractivity contribution in [2.75, 3.05) is 0 Å². The molecule has 22 heavy (non-hydrogen) atoms. The Balaban J connectivity index is 1.81. The molecule has 1 aromatic heterocycles. The summed E-state index contributed by atoms with van der Waals surface area (Å²) in [6.45, 7) is 6.09. The molecule has 118 valence electrons. The average molecular weight is 324 g/mol. The molecule has 2 amide bonds. The number of nitrogens with zero attached hydrogens (tertiary/aromatic N) is 3. The van der Waals surface area contributed by atoms with Gasteiger partial charge in [-0.15, -0.1) is 0 Å². The highest BCUT2D eigenvalue weighted by molar-refractivity contribution is 7.93. The van der Waals surface area contributed by atoms with E-state index in [4.69, 9.17) is 4.74 Å². The second-order valence-electron chi connectivity index (χ2n) is 6.08. The molecule has 0 radical (unpaired) electrons. The first-order valence-corrected chi connectivity index (χ1v) is 7.88. The Bertz CT molecular complexity index is 716. The molecule has 0 saturated carbocycles. The van der Waals surface area contributed by atoms with E-state index in [9.17, 15) is 13.8 Å². The molecule has 0 bridgehead atoms. The number of rotatable bonds is 1. The van der Waals surface area contributed by atoms with Gasteiger partial charge in [-0.05, 0) is 20.8 Å². The second kappa shape index (κ2) is 4.94. The van der Waals surface area contributed by atoms with Gasteiger partial charge in [0.25, 0.3) is 5.91 Å². The first kappa shape index (κ1) is 14.8. The highest BCUT2D eigenvalue weighted by atomic mass is 32.2. The van der Waals surface area contributed by atoms with Crippen molar-refractivity contribution in [1.82, 2.24) is 19.4 Å². The smallest absolute Gasteiger partial charge is 0.410 e. The minimum atomic E-state index is -1.62. The molecular formula is C13H16N4O4S. The summed E-state index contributed by atoms with van der Waals surface area (Å²) in [7, 11) is -1.62. The minimum Gasteiger partial charge on any atom is -0.444 e. The van der Waals surface area contributed by atoms with Gasteiger partial charge < -0.3 is 4.74 Å². The van der Waals surface area contributed by atoms with Crippen molar-refractivity contribution in [3.63, 3.8) is 0 Å². The molecule has 9 heteroatoms. The zero-order valence-corrected chi connectivity index (χ0v) is 13.3. The Labute approximate surface area is 129 Å². The van der Waals surface area contributed by atoms with Crippen molar-refractivity contribution in [2.45, 2.75) is 39.5 Å². The van der Waals surface area contributed by atoms with Crippen molar-refractivity contribution in [1.29, 1.82) is 0 Å². The monoisotopic (exact) mass is 324 g/mol. The van der Waals surface area contributed by atoms with Crippen LogP contribution in [0.4, 0.5) is 4.79 Å². The standard InChI is InChI=1S/C13H16N4O4S/c1-13(2,3)21-12(19)16-6-8-5-14-17(9(8)7-16)11-4-10(18)15-22(11)20/h4-5H,6-7H2,1-3H3,(H,15,18). The molecule has 0 aromatic carbocycles. The molecule has 2 aliphatic heterocycles. The maximum Gasteiger partial charge on any atom is 0.410 e. The van der Waals surface area contributed by atoms with Crippen LogP contribution in [0.1, 0.15) is 32.0 Å². The van der Waals surface area contributed by atoms with Crippen LogP contribution in [-0.4, -0.2) is 36.5 Å². The number of hydrogen-bond donors (Lipinski definition) is 1. The molecule has 0 spiro atoms. The topological polar surface area (TPSA) is 93.5 Å². The van der Waals surface area contributed by atoms with Gasteiger partial charge in [-0.2, -0.15) is 5.10 Å². The quantitative estimate of drug-likeness (QED) is 0.822. The normalized spacial score (nSPS) is 20.7. The summed E-state index contributed by atoms with van der Waals surface area (Å²) < 4.78 is 20.9. The minimum absolute atomic E-state index is 0.275. The van der Waals surface area contributed by atoms with E-state index in [1.54, 1.807) is 31.9 Å². The van der Waals surface area contributed by atoms with Gasteiger partial charge in [-0.1, -0.05) is 0 Å². The van der Waals surface area contributed by atoms with Crippen LogP contribution in [0.15, 0.2) is 12.3 Å². The molecule has 3 rings (SSSR count). The lowest BCUT2D eigenvalue weighted by Crippen LogP contribution is -2.33. The van der Waals surface area contributed by atoms with E-state index in [0.717, 1.165) is 11.3 Å². The summed E-state index contributed by atoms with van der Waals surface area (Å²) in [6.07, 6.45) is 2.45. The maximum atomic E-state index is 12.1. The predicted octanol–water partition coefficient (Wildman–Crippen LogP) is 0.726. The van der Waals surface area contributed by atoms with Gasteiger partial charge in [-0.3, -0.25) is 14.4 Å². The molecular weight excluding hydrogens is 308 g/mol. The molecule has 1 atom stereocenters. The molecule has 0 aliphatic carbocycles. The number of amides is 2. The van der Waals surface area contributed by atoms with Crippen LogP contribution < -0.4 is 4.72 Å². The van der Waals surface area contributed by atoms with Crippen molar-refractivity contribution in [2.24, 2.45) is 0 Å². The van der Waals surface area contributed by atoms with Crippen molar-refractivity contribution < 1.29 is 18.5 Å². The Hall–Kier alpha value is -2.16. The van der Waals surface area contributed by atoms with Gasteiger partial charge >= 0.3 is 6.09 Å². The van der Waals surface area contributed by atoms with Gasteiger partial charge in [0, 0.05) is 11.6 Å². The summed E-state index contributed by atoms with van der Waals surface area (Å²) in [5.74, 6) is -0.417. The third-order valence-electron chi connectivity index (χ3n) is 3.16. The van der Waals surface area contributed by atoms with E-state index in [2.05, 4.69) is 9.82 Å². The fourth-order valence-electron chi connectivity index (χ4n) is 2.27. The fraction of sp³-hybridized carbons (Fsp3) is 0.462. The van der Waals surface area contributed by atoms with Crippen LogP contribution in [0, 0.1) is 0 Å². The van der Waals surface area contributed by atoms with E-state index < -0.39 is 28.6 Å². The second-order valence-corrected chi connectivity index (χ2v) is 7.24. The third kappa shape index (κ3) is 2.63. The number of hydrogen-bond acceptors (Lipinski definition) is 5. The number of carbonyl (C=O) groups excluding carboxylic acids is 2. The molecule has 1 N–H and O–H groups in total. The molecule has 1 unspecified atom stereocenters. The largest absolute Gasteiger partial charge is 0.444 e. The van der Waals surface area contributed by atoms with Crippen molar-refractivity contribution in [3.8, 4) is 0 Å². The SMILES string of the molecule is CC(C)(C)OC(=O)N1Cc2cnn(C3=CC(=O)NS3=O)c2C1. The first-order chi connectivity index (χ1) is 10.2. The number of carbonyl (C=O) groups is 2. The van der Waals surface area contributed by atoms with E-state index in [0.29, 0.717) is 13.1 Å². The van der Waals surface area contributed by atoms with E-state index in [1.807, 2.05) is 0 Å². The van der Waals surface area contributed by atoms with Gasteiger partial charge in [0.2, 0.25) is 0 Å². The van der Waals surface area contributed by atoms with Crippen LogP contribution in [0.3, 0.4) is 0 Å². The lowest BCUT2D eigenvalue weighted by atomic mass is 10.2. The Morgan fingerprint density at radius 2 is 2.14 bits per heavy atom. The Morgan fingerprint density at radius 3 is 2.73 bits per heavy atom. The number of nitrogens with one attached hydrogen (secondary N) is 1. The summed E-state index contributed by atoms with van der Waals surface area (Å²) in [6, 6.07) is 0. The Morgan fingerprint density at radius 1 is 1.41 bits per heavy atom. The van der Waals surface area contributed by atoms with Crippen LogP contribution in [-0.2, 0) is 33.6 Å². The summed E-state index contributed by atoms with van der Waals surface area (Å²) in [4.78, 5) is 24.9. The van der Waals surface area contributed by atoms with Gasteiger partial charge in [0.05, 0.1) is 25.0 Å². The number of fused-ring (bicyclic) bond motifs is 1. The third-order valence-corrected chi connectivity index (χ3v) is 4.21. The average Bonchev–Trinajstić information content (AvgIpc) is 3.00. The predicted molar refractivity (Wildman–Crippen MR) is 78.3 cm³/mol. The summed E-state index contributed by atoms with van der Waals surface area (Å²) in [5, 5.41) is 4.43.